The quantitative estimate of drug-likeness (QED) is 0.741. The summed E-state index contributed by atoms with van der Waals surface area (Å²) in [6.07, 6.45) is 0.827. The monoisotopic (exact) mass is 238 g/mol. The molecule has 1 aromatic rings. The SMILES string of the molecule is CCOCCCOc1ccc(C(=O)O)c(C)c1. The molecule has 0 unspecified atom stereocenters. The molecular weight excluding hydrogens is 220 g/mol. The van der Waals surface area contributed by atoms with Crippen LogP contribution in [0.3, 0.4) is 0 Å². The first kappa shape index (κ1) is 13.5. The maximum atomic E-state index is 10.8. The summed E-state index contributed by atoms with van der Waals surface area (Å²) in [6.45, 7) is 5.69. The predicted molar refractivity (Wildman–Crippen MR) is 64.7 cm³/mol. The second kappa shape index (κ2) is 6.91. The van der Waals surface area contributed by atoms with Gasteiger partial charge < -0.3 is 14.6 Å². The second-order valence-corrected chi connectivity index (χ2v) is 3.68. The van der Waals surface area contributed by atoms with Crippen molar-refractivity contribution in [1.29, 1.82) is 0 Å². The van der Waals surface area contributed by atoms with Crippen molar-refractivity contribution in [2.45, 2.75) is 20.3 Å². The van der Waals surface area contributed by atoms with Gasteiger partial charge in [-0.2, -0.15) is 0 Å². The zero-order chi connectivity index (χ0) is 12.7. The van der Waals surface area contributed by atoms with Gasteiger partial charge in [-0.1, -0.05) is 0 Å². The Kier molecular flexibility index (Phi) is 5.49. The molecule has 0 radical (unpaired) electrons. The molecule has 0 fully saturated rings. The van der Waals surface area contributed by atoms with Crippen LogP contribution < -0.4 is 4.74 Å². The van der Waals surface area contributed by atoms with Gasteiger partial charge >= 0.3 is 5.97 Å². The maximum absolute atomic E-state index is 10.8. The van der Waals surface area contributed by atoms with Crippen LogP contribution in [0.15, 0.2) is 18.2 Å². The lowest BCUT2D eigenvalue weighted by Gasteiger charge is -2.08. The van der Waals surface area contributed by atoms with Crippen molar-refractivity contribution in [2.24, 2.45) is 0 Å². The molecule has 0 aliphatic carbocycles. The summed E-state index contributed by atoms with van der Waals surface area (Å²) in [4.78, 5) is 10.8. The molecule has 4 nitrogen and oxygen atoms in total. The Labute approximate surface area is 101 Å². The van der Waals surface area contributed by atoms with Gasteiger partial charge in [0.05, 0.1) is 12.2 Å². The van der Waals surface area contributed by atoms with Crippen LogP contribution in [-0.4, -0.2) is 30.9 Å². The number of carboxylic acids is 1. The number of hydrogen-bond acceptors (Lipinski definition) is 3. The van der Waals surface area contributed by atoms with Gasteiger partial charge in [-0.3, -0.25) is 0 Å². The minimum atomic E-state index is -0.912. The molecule has 0 saturated carbocycles. The fourth-order valence-corrected chi connectivity index (χ4v) is 1.46. The third-order valence-corrected chi connectivity index (χ3v) is 2.33. The van der Waals surface area contributed by atoms with Crippen LogP contribution in [0.2, 0.25) is 0 Å². The maximum Gasteiger partial charge on any atom is 0.335 e. The Balaban J connectivity index is 2.45. The third kappa shape index (κ3) is 4.44. The van der Waals surface area contributed by atoms with Crippen LogP contribution >= 0.6 is 0 Å². The van der Waals surface area contributed by atoms with Crippen LogP contribution in [-0.2, 0) is 4.74 Å². The molecule has 94 valence electrons. The highest BCUT2D eigenvalue weighted by Crippen LogP contribution is 2.17. The minimum absolute atomic E-state index is 0.312. The standard InChI is InChI=1S/C13H18O4/c1-3-16-7-4-8-17-11-5-6-12(13(14)15)10(2)9-11/h5-6,9H,3-4,7-8H2,1-2H3,(H,14,15). The van der Waals surface area contributed by atoms with E-state index in [9.17, 15) is 4.79 Å². The largest absolute Gasteiger partial charge is 0.493 e. The lowest BCUT2D eigenvalue weighted by Crippen LogP contribution is -2.04. The average Bonchev–Trinajstić information content (AvgIpc) is 2.28. The van der Waals surface area contributed by atoms with Gasteiger partial charge in [-0.15, -0.1) is 0 Å². The minimum Gasteiger partial charge on any atom is -0.493 e. The summed E-state index contributed by atoms with van der Waals surface area (Å²) in [7, 11) is 0. The lowest BCUT2D eigenvalue weighted by atomic mass is 10.1. The summed E-state index contributed by atoms with van der Waals surface area (Å²) in [5, 5.41) is 8.87. The second-order valence-electron chi connectivity index (χ2n) is 3.68. The molecule has 0 bridgehead atoms. The molecular formula is C13H18O4. The van der Waals surface area contributed by atoms with Gasteiger partial charge in [-0.25, -0.2) is 4.79 Å². The number of aromatic carboxylic acids is 1. The van der Waals surface area contributed by atoms with E-state index < -0.39 is 5.97 Å². The molecule has 0 heterocycles. The molecule has 1 N–H and O–H groups in total. The van der Waals surface area contributed by atoms with E-state index in [2.05, 4.69) is 0 Å². The molecule has 0 spiro atoms. The summed E-state index contributed by atoms with van der Waals surface area (Å²) >= 11 is 0. The molecule has 1 rings (SSSR count). The van der Waals surface area contributed by atoms with E-state index in [1.54, 1.807) is 25.1 Å². The van der Waals surface area contributed by atoms with Gasteiger partial charge in [0.25, 0.3) is 0 Å². The molecule has 0 saturated heterocycles. The summed E-state index contributed by atoms with van der Waals surface area (Å²) in [5.41, 5.74) is 1.02. The highest BCUT2D eigenvalue weighted by molar-refractivity contribution is 5.89. The van der Waals surface area contributed by atoms with E-state index >= 15 is 0 Å². The predicted octanol–water partition coefficient (Wildman–Crippen LogP) is 2.50. The molecule has 0 aliphatic rings. The number of ether oxygens (including phenoxy) is 2. The molecule has 1 aromatic carbocycles. The zero-order valence-corrected chi connectivity index (χ0v) is 10.2. The van der Waals surface area contributed by atoms with Crippen LogP contribution in [0.4, 0.5) is 0 Å². The summed E-state index contributed by atoms with van der Waals surface area (Å²) in [6, 6.07) is 4.98. The number of aryl methyl sites for hydroxylation is 1. The highest BCUT2D eigenvalue weighted by atomic mass is 16.5. The van der Waals surface area contributed by atoms with Crippen molar-refractivity contribution in [3.8, 4) is 5.75 Å². The molecule has 0 aliphatic heterocycles. The molecule has 0 amide bonds. The van der Waals surface area contributed by atoms with Gasteiger partial charge in [-0.05, 0) is 37.6 Å². The smallest absolute Gasteiger partial charge is 0.335 e. The van der Waals surface area contributed by atoms with Crippen LogP contribution in [0, 0.1) is 6.92 Å². The van der Waals surface area contributed by atoms with Gasteiger partial charge in [0.1, 0.15) is 5.75 Å². The molecule has 17 heavy (non-hydrogen) atoms. The highest BCUT2D eigenvalue weighted by Gasteiger charge is 2.07. The topological polar surface area (TPSA) is 55.8 Å². The van der Waals surface area contributed by atoms with E-state index in [1.165, 1.54) is 0 Å². The Bertz CT molecular complexity index is 374. The summed E-state index contributed by atoms with van der Waals surface area (Å²) < 4.78 is 10.7. The van der Waals surface area contributed by atoms with Crippen LogP contribution in [0.1, 0.15) is 29.3 Å². The third-order valence-electron chi connectivity index (χ3n) is 2.33. The Morgan fingerprint density at radius 1 is 1.35 bits per heavy atom. The molecule has 4 heteroatoms. The van der Waals surface area contributed by atoms with Crippen molar-refractivity contribution in [1.82, 2.24) is 0 Å². The number of carboxylic acid groups (broad SMARTS) is 1. The van der Waals surface area contributed by atoms with E-state index in [-0.39, 0.29) is 0 Å². The van der Waals surface area contributed by atoms with Gasteiger partial charge in [0.15, 0.2) is 0 Å². The van der Waals surface area contributed by atoms with Gasteiger partial charge in [0, 0.05) is 19.6 Å². The zero-order valence-electron chi connectivity index (χ0n) is 10.2. The van der Waals surface area contributed by atoms with Crippen LogP contribution in [0.25, 0.3) is 0 Å². The number of benzene rings is 1. The van der Waals surface area contributed by atoms with Crippen LogP contribution in [0.5, 0.6) is 5.75 Å². The van der Waals surface area contributed by atoms with Crippen molar-refractivity contribution in [3.05, 3.63) is 29.3 Å². The van der Waals surface area contributed by atoms with E-state index in [0.717, 1.165) is 6.42 Å². The van der Waals surface area contributed by atoms with E-state index in [4.69, 9.17) is 14.6 Å². The van der Waals surface area contributed by atoms with E-state index in [0.29, 0.717) is 36.7 Å². The van der Waals surface area contributed by atoms with Crippen molar-refractivity contribution >= 4 is 5.97 Å². The fourth-order valence-electron chi connectivity index (χ4n) is 1.46. The summed E-state index contributed by atoms with van der Waals surface area (Å²) in [5.74, 6) is -0.214. The Morgan fingerprint density at radius 2 is 2.12 bits per heavy atom. The molecule has 0 aromatic heterocycles. The molecule has 0 atom stereocenters. The first-order valence-corrected chi connectivity index (χ1v) is 5.69. The van der Waals surface area contributed by atoms with Crippen molar-refractivity contribution in [3.63, 3.8) is 0 Å². The van der Waals surface area contributed by atoms with Crippen molar-refractivity contribution in [2.75, 3.05) is 19.8 Å². The average molecular weight is 238 g/mol. The Hall–Kier alpha value is -1.55. The number of hydrogen-bond donors (Lipinski definition) is 1. The van der Waals surface area contributed by atoms with E-state index in [1.807, 2.05) is 6.92 Å². The Morgan fingerprint density at radius 3 is 2.71 bits per heavy atom. The number of rotatable bonds is 7. The number of carbonyl (C=O) groups is 1. The first-order chi connectivity index (χ1) is 8.15. The van der Waals surface area contributed by atoms with Gasteiger partial charge in [0.2, 0.25) is 0 Å². The van der Waals surface area contributed by atoms with Crippen molar-refractivity contribution < 1.29 is 19.4 Å². The first-order valence-electron chi connectivity index (χ1n) is 5.69. The normalized spacial score (nSPS) is 10.2. The lowest BCUT2D eigenvalue weighted by molar-refractivity contribution is 0.0696. The fraction of sp³-hybridized carbons (Fsp3) is 0.462.